The third-order valence-electron chi connectivity index (χ3n) is 2.00. The number of nitriles is 1. The summed E-state index contributed by atoms with van der Waals surface area (Å²) in [6.07, 6.45) is 2.49. The third-order valence-corrected chi connectivity index (χ3v) is 2.00. The first-order valence-electron chi connectivity index (χ1n) is 5.24. The summed E-state index contributed by atoms with van der Waals surface area (Å²) in [5.41, 5.74) is -0.785. The molecule has 0 spiro atoms. The lowest BCUT2D eigenvalue weighted by atomic mass is 9.94. The molecule has 0 aromatic carbocycles. The zero-order valence-electron chi connectivity index (χ0n) is 9.96. The van der Waals surface area contributed by atoms with Crippen molar-refractivity contribution >= 4 is 0 Å². The molecule has 1 unspecified atom stereocenters. The Balaban J connectivity index is 4.69. The van der Waals surface area contributed by atoms with E-state index in [9.17, 15) is 0 Å². The Morgan fingerprint density at radius 3 is 2.00 bits per heavy atom. The molecule has 0 aliphatic rings. The minimum atomic E-state index is -0.595. The molecule has 1 atom stereocenters. The van der Waals surface area contributed by atoms with Crippen molar-refractivity contribution in [2.45, 2.75) is 65.0 Å². The molecule has 0 rings (SSSR count). The Labute approximate surface area is 87.2 Å². The SMILES string of the molecule is CCCC(C#N)(CC)N=NC(C)(C)C. The predicted octanol–water partition coefficient (Wildman–Crippen LogP) is 3.71. The molecule has 0 fully saturated rings. The summed E-state index contributed by atoms with van der Waals surface area (Å²) < 4.78 is 0. The highest BCUT2D eigenvalue weighted by atomic mass is 15.2. The number of hydrogen-bond acceptors (Lipinski definition) is 3. The molecule has 0 aliphatic heterocycles. The molecule has 3 heteroatoms. The molecular weight excluding hydrogens is 174 g/mol. The van der Waals surface area contributed by atoms with Crippen LogP contribution in [-0.4, -0.2) is 11.1 Å². The fourth-order valence-electron chi connectivity index (χ4n) is 1.11. The maximum atomic E-state index is 9.10. The largest absolute Gasteiger partial charge is 0.196 e. The van der Waals surface area contributed by atoms with Crippen LogP contribution in [0.4, 0.5) is 0 Å². The van der Waals surface area contributed by atoms with Crippen molar-refractivity contribution in [3.8, 4) is 6.07 Å². The topological polar surface area (TPSA) is 48.5 Å². The Bertz CT molecular complexity index is 232. The van der Waals surface area contributed by atoms with E-state index in [4.69, 9.17) is 5.26 Å². The molecule has 0 saturated heterocycles. The van der Waals surface area contributed by atoms with E-state index in [1.165, 1.54) is 0 Å². The first-order valence-corrected chi connectivity index (χ1v) is 5.24. The molecule has 0 radical (unpaired) electrons. The third kappa shape index (κ3) is 4.36. The van der Waals surface area contributed by atoms with Crippen molar-refractivity contribution in [1.29, 1.82) is 5.26 Å². The maximum Gasteiger partial charge on any atom is 0.167 e. The fourth-order valence-corrected chi connectivity index (χ4v) is 1.11. The van der Waals surface area contributed by atoms with Gasteiger partial charge in [-0.2, -0.15) is 15.5 Å². The zero-order chi connectivity index (χ0) is 11.2. The molecule has 0 aromatic rings. The molecule has 0 amide bonds. The van der Waals surface area contributed by atoms with Crippen LogP contribution in [0.5, 0.6) is 0 Å². The Hall–Kier alpha value is -0.910. The van der Waals surface area contributed by atoms with E-state index >= 15 is 0 Å². The van der Waals surface area contributed by atoms with Crippen molar-refractivity contribution < 1.29 is 0 Å². The fraction of sp³-hybridized carbons (Fsp3) is 0.909. The van der Waals surface area contributed by atoms with Gasteiger partial charge in [-0.25, -0.2) is 0 Å². The smallest absolute Gasteiger partial charge is 0.167 e. The van der Waals surface area contributed by atoms with Gasteiger partial charge in [0.2, 0.25) is 0 Å². The average Bonchev–Trinajstić information content (AvgIpc) is 2.11. The van der Waals surface area contributed by atoms with Gasteiger partial charge >= 0.3 is 0 Å². The molecule has 80 valence electrons. The van der Waals surface area contributed by atoms with Gasteiger partial charge in [0, 0.05) is 0 Å². The van der Waals surface area contributed by atoms with Crippen LogP contribution in [-0.2, 0) is 0 Å². The Morgan fingerprint density at radius 1 is 1.14 bits per heavy atom. The molecule has 0 N–H and O–H groups in total. The molecule has 0 aromatic heterocycles. The summed E-state index contributed by atoms with van der Waals surface area (Å²) in [5.74, 6) is 0. The minimum absolute atomic E-state index is 0.189. The van der Waals surface area contributed by atoms with Gasteiger partial charge in [0.15, 0.2) is 5.54 Å². The lowest BCUT2D eigenvalue weighted by Gasteiger charge is -2.20. The lowest BCUT2D eigenvalue weighted by molar-refractivity contribution is 0.419. The molecule has 14 heavy (non-hydrogen) atoms. The minimum Gasteiger partial charge on any atom is -0.196 e. The monoisotopic (exact) mass is 195 g/mol. The molecule has 3 nitrogen and oxygen atoms in total. The van der Waals surface area contributed by atoms with Crippen LogP contribution in [0.25, 0.3) is 0 Å². The van der Waals surface area contributed by atoms with Crippen LogP contribution in [0, 0.1) is 11.3 Å². The van der Waals surface area contributed by atoms with E-state index in [1.807, 2.05) is 27.7 Å². The highest BCUT2D eigenvalue weighted by molar-refractivity contribution is 5.05. The van der Waals surface area contributed by atoms with Gasteiger partial charge < -0.3 is 0 Å². The first-order chi connectivity index (χ1) is 6.39. The summed E-state index contributed by atoms with van der Waals surface area (Å²) in [6, 6.07) is 2.28. The quantitative estimate of drug-likeness (QED) is 0.631. The lowest BCUT2D eigenvalue weighted by Crippen LogP contribution is -2.23. The number of hydrogen-bond donors (Lipinski definition) is 0. The van der Waals surface area contributed by atoms with E-state index in [-0.39, 0.29) is 5.54 Å². The van der Waals surface area contributed by atoms with E-state index in [2.05, 4.69) is 23.2 Å². The van der Waals surface area contributed by atoms with Crippen molar-refractivity contribution in [2.75, 3.05) is 0 Å². The summed E-state index contributed by atoms with van der Waals surface area (Å²) >= 11 is 0. The van der Waals surface area contributed by atoms with Gasteiger partial charge in [-0.05, 0) is 33.6 Å². The molecule has 0 bridgehead atoms. The standard InChI is InChI=1S/C11H21N3/c1-6-8-11(7-2,9-12)14-13-10(3,4)5/h6-8H2,1-5H3. The van der Waals surface area contributed by atoms with Crippen molar-refractivity contribution in [2.24, 2.45) is 10.2 Å². The summed E-state index contributed by atoms with van der Waals surface area (Å²) in [4.78, 5) is 0. The second-order valence-corrected chi connectivity index (χ2v) is 4.62. The zero-order valence-corrected chi connectivity index (χ0v) is 9.96. The van der Waals surface area contributed by atoms with Crippen LogP contribution >= 0.6 is 0 Å². The second kappa shape index (κ2) is 5.09. The predicted molar refractivity (Wildman–Crippen MR) is 58.2 cm³/mol. The summed E-state index contributed by atoms with van der Waals surface area (Å²) in [6.45, 7) is 10.0. The molecule has 0 heterocycles. The van der Waals surface area contributed by atoms with Crippen LogP contribution < -0.4 is 0 Å². The number of rotatable bonds is 4. The Kier molecular flexibility index (Phi) is 4.76. The molecule has 0 saturated carbocycles. The average molecular weight is 195 g/mol. The van der Waals surface area contributed by atoms with E-state index in [0.29, 0.717) is 0 Å². The second-order valence-electron chi connectivity index (χ2n) is 4.62. The normalized spacial score (nSPS) is 16.6. The summed E-state index contributed by atoms with van der Waals surface area (Å²) in [5, 5.41) is 17.5. The first kappa shape index (κ1) is 13.1. The Morgan fingerprint density at radius 2 is 1.71 bits per heavy atom. The highest BCUT2D eigenvalue weighted by Gasteiger charge is 2.27. The van der Waals surface area contributed by atoms with Crippen LogP contribution in [0.3, 0.4) is 0 Å². The molecular formula is C11H21N3. The number of azo groups is 1. The van der Waals surface area contributed by atoms with Gasteiger partial charge in [0.25, 0.3) is 0 Å². The van der Waals surface area contributed by atoms with Gasteiger partial charge in [0.05, 0.1) is 11.6 Å². The van der Waals surface area contributed by atoms with Gasteiger partial charge in [0.1, 0.15) is 0 Å². The highest BCUT2D eigenvalue weighted by Crippen LogP contribution is 2.23. The molecule has 0 aliphatic carbocycles. The van der Waals surface area contributed by atoms with E-state index in [1.54, 1.807) is 0 Å². The van der Waals surface area contributed by atoms with Crippen molar-refractivity contribution in [1.82, 2.24) is 0 Å². The van der Waals surface area contributed by atoms with Gasteiger partial charge in [-0.1, -0.05) is 20.3 Å². The summed E-state index contributed by atoms with van der Waals surface area (Å²) in [7, 11) is 0. The van der Waals surface area contributed by atoms with Gasteiger partial charge in [-0.15, -0.1) is 0 Å². The van der Waals surface area contributed by atoms with Crippen molar-refractivity contribution in [3.63, 3.8) is 0 Å². The maximum absolute atomic E-state index is 9.10. The van der Waals surface area contributed by atoms with E-state index in [0.717, 1.165) is 19.3 Å². The van der Waals surface area contributed by atoms with E-state index < -0.39 is 5.54 Å². The number of nitrogens with zero attached hydrogens (tertiary/aromatic N) is 3. The van der Waals surface area contributed by atoms with Crippen LogP contribution in [0.1, 0.15) is 53.9 Å². The van der Waals surface area contributed by atoms with Gasteiger partial charge in [-0.3, -0.25) is 0 Å². The van der Waals surface area contributed by atoms with Crippen LogP contribution in [0.15, 0.2) is 10.2 Å². The van der Waals surface area contributed by atoms with Crippen molar-refractivity contribution in [3.05, 3.63) is 0 Å². The van der Waals surface area contributed by atoms with Crippen LogP contribution in [0.2, 0.25) is 0 Å².